The smallest absolute Gasteiger partial charge is 0.472 e. The molecule has 58 heavy (non-hydrogen) atoms. The molecule has 1 unspecified atom stereocenters. The molecular formula is C46H80NO10P. The fourth-order valence-corrected chi connectivity index (χ4v) is 6.48. The van der Waals surface area contributed by atoms with Crippen molar-refractivity contribution in [2.45, 2.75) is 193 Å². The third-order valence-corrected chi connectivity index (χ3v) is 10.2. The molecule has 0 amide bonds. The minimum atomic E-state index is -4.73. The number of carbonyl (C=O) groups is 3. The van der Waals surface area contributed by atoms with Crippen molar-refractivity contribution in [3.05, 3.63) is 60.8 Å². The first-order chi connectivity index (χ1) is 28.1. The molecule has 0 aromatic heterocycles. The summed E-state index contributed by atoms with van der Waals surface area (Å²) in [6.45, 7) is 2.71. The molecule has 0 aliphatic carbocycles. The highest BCUT2D eigenvalue weighted by Crippen LogP contribution is 2.43. The molecule has 0 bridgehead atoms. The molecular weight excluding hydrogens is 757 g/mol. The van der Waals surface area contributed by atoms with Gasteiger partial charge in [0.1, 0.15) is 12.6 Å². The zero-order valence-corrected chi connectivity index (χ0v) is 37.0. The number of ether oxygens (including phenoxy) is 2. The molecule has 4 N–H and O–H groups in total. The first kappa shape index (κ1) is 55.2. The van der Waals surface area contributed by atoms with Crippen LogP contribution in [0.15, 0.2) is 60.8 Å². The molecule has 3 atom stereocenters. The van der Waals surface area contributed by atoms with E-state index in [1.807, 2.05) is 6.08 Å². The van der Waals surface area contributed by atoms with E-state index in [9.17, 15) is 23.8 Å². The number of nitrogens with two attached hydrogens (primary N) is 1. The van der Waals surface area contributed by atoms with Gasteiger partial charge in [0, 0.05) is 12.8 Å². The summed E-state index contributed by atoms with van der Waals surface area (Å²) in [6.07, 6.45) is 47.2. The number of phosphoric acid groups is 1. The Hall–Kier alpha value is -2.82. The number of hydrogen-bond acceptors (Lipinski definition) is 9. The monoisotopic (exact) mass is 838 g/mol. The van der Waals surface area contributed by atoms with Gasteiger partial charge in [0.15, 0.2) is 6.10 Å². The van der Waals surface area contributed by atoms with Gasteiger partial charge in [-0.25, -0.2) is 4.57 Å². The average Bonchev–Trinajstić information content (AvgIpc) is 3.20. The van der Waals surface area contributed by atoms with Crippen LogP contribution in [0.2, 0.25) is 0 Å². The standard InChI is InChI=1S/C46H80NO10P/c1-3-5-7-9-11-13-15-17-19-21-23-25-27-29-31-33-35-37-44(48)54-39-42(40-55-58(52,53)56-41-43(47)46(50)51)57-45(49)38-36-34-32-30-28-26-24-22-20-18-16-14-12-10-8-6-4-2/h12,14,17-20,23,25,29,31,42-43H,3-11,13,15-16,21-22,24,26-28,30,32-41,47H2,1-2H3,(H,50,51)(H,52,53)/b14-12-,19-17-,20-18-,25-23-,31-29-/t42-,43+/m1/s1. The minimum Gasteiger partial charge on any atom is -0.480 e. The van der Waals surface area contributed by atoms with Gasteiger partial charge in [-0.2, -0.15) is 0 Å². The van der Waals surface area contributed by atoms with Crippen molar-refractivity contribution < 1.29 is 47.5 Å². The molecule has 0 rings (SSSR count). The van der Waals surface area contributed by atoms with E-state index >= 15 is 0 Å². The molecule has 0 aliphatic rings. The fraction of sp³-hybridized carbons (Fsp3) is 0.717. The van der Waals surface area contributed by atoms with Crippen molar-refractivity contribution in [1.29, 1.82) is 0 Å². The lowest BCUT2D eigenvalue weighted by molar-refractivity contribution is -0.161. The van der Waals surface area contributed by atoms with Crippen LogP contribution in [0.3, 0.4) is 0 Å². The Labute approximate surface area is 351 Å². The Balaban J connectivity index is 4.45. The van der Waals surface area contributed by atoms with Gasteiger partial charge in [-0.05, 0) is 77.0 Å². The summed E-state index contributed by atoms with van der Waals surface area (Å²) in [5.74, 6) is -2.46. The van der Waals surface area contributed by atoms with E-state index in [0.717, 1.165) is 57.8 Å². The lowest BCUT2D eigenvalue weighted by Crippen LogP contribution is -2.34. The molecule has 0 saturated carbocycles. The molecule has 0 aromatic rings. The van der Waals surface area contributed by atoms with Crippen molar-refractivity contribution in [3.63, 3.8) is 0 Å². The second-order valence-electron chi connectivity index (χ2n) is 14.8. The maximum atomic E-state index is 12.6. The number of allylic oxidation sites excluding steroid dienone is 10. The summed E-state index contributed by atoms with van der Waals surface area (Å²) in [4.78, 5) is 46.0. The van der Waals surface area contributed by atoms with Gasteiger partial charge in [-0.3, -0.25) is 23.4 Å². The predicted molar refractivity (Wildman–Crippen MR) is 235 cm³/mol. The molecule has 0 heterocycles. The maximum Gasteiger partial charge on any atom is 0.472 e. The number of unbranched alkanes of at least 4 members (excludes halogenated alkanes) is 17. The van der Waals surface area contributed by atoms with Crippen LogP contribution < -0.4 is 5.73 Å². The highest BCUT2D eigenvalue weighted by Gasteiger charge is 2.28. The Morgan fingerprint density at radius 3 is 1.45 bits per heavy atom. The number of carboxylic acid groups (broad SMARTS) is 1. The van der Waals surface area contributed by atoms with Gasteiger partial charge in [-0.15, -0.1) is 0 Å². The fourth-order valence-electron chi connectivity index (χ4n) is 5.70. The molecule has 12 heteroatoms. The molecule has 0 spiro atoms. The summed E-state index contributed by atoms with van der Waals surface area (Å²) >= 11 is 0. The minimum absolute atomic E-state index is 0.139. The SMILES string of the molecule is CCCCC/C=C\C/C=C\CCCCCCCCCC(=O)O[C@H](COC(=O)CCC/C=C\C/C=C\C/C=C\CCCCCCCC)COP(=O)(O)OC[C@H](N)C(=O)O. The van der Waals surface area contributed by atoms with Gasteiger partial charge in [0.25, 0.3) is 0 Å². The van der Waals surface area contributed by atoms with Crippen LogP contribution >= 0.6 is 7.82 Å². The van der Waals surface area contributed by atoms with Crippen LogP contribution in [0.1, 0.15) is 181 Å². The Morgan fingerprint density at radius 2 is 0.931 bits per heavy atom. The third-order valence-electron chi connectivity index (χ3n) is 9.24. The largest absolute Gasteiger partial charge is 0.480 e. The van der Waals surface area contributed by atoms with Crippen LogP contribution in [0.5, 0.6) is 0 Å². The van der Waals surface area contributed by atoms with Crippen LogP contribution in [0.4, 0.5) is 0 Å². The first-order valence-electron chi connectivity index (χ1n) is 22.3. The number of aliphatic carboxylic acids is 1. The van der Waals surface area contributed by atoms with Crippen molar-refractivity contribution in [2.24, 2.45) is 5.73 Å². The molecule has 0 aliphatic heterocycles. The van der Waals surface area contributed by atoms with Gasteiger partial charge in [0.2, 0.25) is 0 Å². The summed E-state index contributed by atoms with van der Waals surface area (Å²) in [5, 5.41) is 8.89. The Bertz CT molecular complexity index is 1210. The number of hydrogen-bond donors (Lipinski definition) is 3. The normalized spacial score (nSPS) is 14.3. The van der Waals surface area contributed by atoms with Crippen LogP contribution in [-0.4, -0.2) is 59.9 Å². The number of esters is 2. The summed E-state index contributed by atoms with van der Waals surface area (Å²) in [6, 6.07) is -1.53. The van der Waals surface area contributed by atoms with E-state index in [4.69, 9.17) is 24.8 Å². The van der Waals surface area contributed by atoms with Gasteiger partial charge < -0.3 is 25.2 Å². The van der Waals surface area contributed by atoms with E-state index in [-0.39, 0.29) is 19.4 Å². The molecule has 0 saturated heterocycles. The Kier molecular flexibility index (Phi) is 38.9. The lowest BCUT2D eigenvalue weighted by Gasteiger charge is -2.20. The lowest BCUT2D eigenvalue weighted by atomic mass is 10.1. The third kappa shape index (κ3) is 40.0. The van der Waals surface area contributed by atoms with Gasteiger partial charge >= 0.3 is 25.7 Å². The summed E-state index contributed by atoms with van der Waals surface area (Å²) in [5.41, 5.74) is 5.33. The zero-order valence-electron chi connectivity index (χ0n) is 36.1. The second kappa shape index (κ2) is 40.9. The average molecular weight is 838 g/mol. The van der Waals surface area contributed by atoms with E-state index in [0.29, 0.717) is 19.3 Å². The quantitative estimate of drug-likeness (QED) is 0.0231. The highest BCUT2D eigenvalue weighted by molar-refractivity contribution is 7.47. The molecule has 0 fully saturated rings. The highest BCUT2D eigenvalue weighted by atomic mass is 31.2. The van der Waals surface area contributed by atoms with Gasteiger partial charge in [-0.1, -0.05) is 152 Å². The molecule has 334 valence electrons. The maximum absolute atomic E-state index is 12.6. The van der Waals surface area contributed by atoms with Crippen molar-refractivity contribution >= 4 is 25.7 Å². The van der Waals surface area contributed by atoms with Crippen molar-refractivity contribution in [1.82, 2.24) is 0 Å². The van der Waals surface area contributed by atoms with Crippen molar-refractivity contribution in [3.8, 4) is 0 Å². The second-order valence-corrected chi connectivity index (χ2v) is 16.3. The topological polar surface area (TPSA) is 172 Å². The van der Waals surface area contributed by atoms with E-state index in [1.165, 1.54) is 77.0 Å². The van der Waals surface area contributed by atoms with E-state index in [1.54, 1.807) is 0 Å². The zero-order chi connectivity index (χ0) is 42.8. The summed E-state index contributed by atoms with van der Waals surface area (Å²) < 4.78 is 32.7. The predicted octanol–water partition coefficient (Wildman–Crippen LogP) is 12.0. The van der Waals surface area contributed by atoms with Crippen molar-refractivity contribution in [2.75, 3.05) is 19.8 Å². The van der Waals surface area contributed by atoms with E-state index < -0.39 is 51.1 Å². The van der Waals surface area contributed by atoms with Crippen LogP contribution in [0.25, 0.3) is 0 Å². The Morgan fingerprint density at radius 1 is 0.534 bits per heavy atom. The van der Waals surface area contributed by atoms with E-state index in [2.05, 4.69) is 73.1 Å². The molecule has 0 radical (unpaired) electrons. The van der Waals surface area contributed by atoms with Gasteiger partial charge in [0.05, 0.1) is 13.2 Å². The summed E-state index contributed by atoms with van der Waals surface area (Å²) in [7, 11) is -4.73. The molecule has 11 nitrogen and oxygen atoms in total. The number of rotatable bonds is 41. The van der Waals surface area contributed by atoms with Crippen LogP contribution in [0, 0.1) is 0 Å². The van der Waals surface area contributed by atoms with Crippen LogP contribution in [-0.2, 0) is 37.5 Å². The number of carbonyl (C=O) groups excluding carboxylic acids is 2. The molecule has 0 aromatic carbocycles. The first-order valence-corrected chi connectivity index (χ1v) is 23.8. The number of carboxylic acids is 1. The number of phosphoric ester groups is 1.